The van der Waals surface area contributed by atoms with Crippen LogP contribution in [0.3, 0.4) is 0 Å². The van der Waals surface area contributed by atoms with Crippen molar-refractivity contribution in [3.63, 3.8) is 0 Å². The van der Waals surface area contributed by atoms with Crippen LogP contribution >= 0.6 is 22.7 Å². The van der Waals surface area contributed by atoms with E-state index in [1.165, 1.54) is 34.9 Å². The second-order valence-corrected chi connectivity index (χ2v) is 33.5. The van der Waals surface area contributed by atoms with Gasteiger partial charge in [-0.3, -0.25) is 9.47 Å². The first-order chi connectivity index (χ1) is 36.9. The van der Waals surface area contributed by atoms with E-state index in [4.69, 9.17) is 38.8 Å². The minimum atomic E-state index is -2.90. The number of fused-ring (bicyclic) bond motifs is 1. The number of ether oxygens (including phenoxy) is 3. The Balaban J connectivity index is 1.20. The van der Waals surface area contributed by atoms with Gasteiger partial charge in [0, 0.05) is 38.2 Å². The third kappa shape index (κ3) is 15.4. The maximum absolute atomic E-state index is 15.1. The molecule has 408 valence electrons. The van der Waals surface area contributed by atoms with Gasteiger partial charge in [0.25, 0.3) is 8.32 Å². The van der Waals surface area contributed by atoms with Gasteiger partial charge in [0.15, 0.2) is 38.8 Å². The van der Waals surface area contributed by atoms with Gasteiger partial charge in [0.1, 0.15) is 6.73 Å². The van der Waals surface area contributed by atoms with Gasteiger partial charge in [-0.05, 0) is 117 Å². The number of hydrogen-bond donors (Lipinski definition) is 1. The number of halogens is 1. The minimum Gasteiger partial charge on any atom is -0.491 e. The van der Waals surface area contributed by atoms with E-state index < -0.39 is 28.2 Å². The molecule has 0 saturated carbocycles. The maximum atomic E-state index is 15.1. The molecule has 1 N–H and O–H groups in total. The quantitative estimate of drug-likeness (QED) is 0.0254. The lowest BCUT2D eigenvalue weighted by atomic mass is 10.2. The van der Waals surface area contributed by atoms with Gasteiger partial charge in [0.2, 0.25) is 0 Å². The molecule has 18 heteroatoms. The second-order valence-electron chi connectivity index (χ2n) is 21.6. The smallest absolute Gasteiger partial charge is 0.357 e. The molecule has 1 unspecified atom stereocenters. The average molecular weight is 1120 g/mol. The van der Waals surface area contributed by atoms with Crippen molar-refractivity contribution in [2.24, 2.45) is 4.99 Å². The van der Waals surface area contributed by atoms with Crippen molar-refractivity contribution in [3.05, 3.63) is 142 Å². The third-order valence-electron chi connectivity index (χ3n) is 13.0. The summed E-state index contributed by atoms with van der Waals surface area (Å²) in [5, 5.41) is 15.9. The number of aromatic nitrogens is 4. The molecule has 4 aromatic carbocycles. The Hall–Kier alpha value is -5.89. The van der Waals surface area contributed by atoms with Gasteiger partial charge in [0.05, 0.1) is 36.6 Å². The lowest BCUT2D eigenvalue weighted by Crippen LogP contribution is -2.68. The molecule has 0 saturated heterocycles. The summed E-state index contributed by atoms with van der Waals surface area (Å²) in [6.45, 7) is 18.9. The Bertz CT molecular complexity index is 3140. The fourth-order valence-corrected chi connectivity index (χ4v) is 16.6. The topological polar surface area (TPSA) is 128 Å². The highest BCUT2D eigenvalue weighted by molar-refractivity contribution is 7.16. The van der Waals surface area contributed by atoms with Gasteiger partial charge < -0.3 is 28.9 Å². The summed E-state index contributed by atoms with van der Waals surface area (Å²) in [5.74, 6) is 6.18. The van der Waals surface area contributed by atoms with Crippen LogP contribution in [0.5, 0.6) is 5.75 Å². The highest BCUT2D eigenvalue weighted by atomic mass is 32.1. The zero-order valence-corrected chi connectivity index (χ0v) is 50.2. The number of hydrogen-bond acceptors (Lipinski definition) is 14. The molecular weight excluding hydrogens is 1040 g/mol. The standard InChI is InChI=1S/C59H75FN8O5S2Si2/c1-43-39-53(64-65-55(43)63-58-68(42-71-37-38-76(9,10)11)49-29-18-19-30-51(49)74-58)67(35-21-24-45(41-61-5)73-77(59(2,3)4,46-25-14-12-15-26-46)47-27-16-13-17-28-47)57-62-54(56(69)70-8)52(75-57)31-22-36-72-50-33-32-44(40-48(50)60)23-20-34-66(6)7/h12-19,25-30,32-33,39-40,45,61H,21-22,24,31,34-38,41-42H2,1-11H3. The van der Waals surface area contributed by atoms with E-state index in [0.717, 1.165) is 26.6 Å². The molecule has 77 heavy (non-hydrogen) atoms. The Morgan fingerprint density at radius 3 is 2.25 bits per heavy atom. The van der Waals surface area contributed by atoms with Crippen molar-refractivity contribution >= 4 is 82.4 Å². The van der Waals surface area contributed by atoms with Crippen LogP contribution in [0.1, 0.15) is 66.5 Å². The number of benzene rings is 4. The van der Waals surface area contributed by atoms with Crippen molar-refractivity contribution in [1.82, 2.24) is 30.0 Å². The fraction of sp³-hybridized carbons (Fsp3) is 0.407. The normalized spacial score (nSPS) is 12.7. The number of para-hydroxylation sites is 1. The predicted molar refractivity (Wildman–Crippen MR) is 318 cm³/mol. The molecule has 0 bridgehead atoms. The number of esters is 1. The first-order valence-electron chi connectivity index (χ1n) is 26.3. The SMILES string of the molecule is CNCC(CCCN(c1cc(C)c(N=c2sc3ccccc3n2COCC[Si](C)(C)C)nn1)c1nc(C(=O)OC)c(CCCOc2ccc(C#CCN(C)C)cc2F)s1)O[Si](c1ccccc1)(c1ccccc1)C(C)(C)C. The number of rotatable bonds is 25. The molecule has 0 aliphatic rings. The van der Waals surface area contributed by atoms with Crippen molar-refractivity contribution in [1.29, 1.82) is 0 Å². The van der Waals surface area contributed by atoms with Crippen molar-refractivity contribution in [2.75, 3.05) is 66.0 Å². The van der Waals surface area contributed by atoms with E-state index in [9.17, 15) is 4.79 Å². The highest BCUT2D eigenvalue weighted by Gasteiger charge is 2.51. The van der Waals surface area contributed by atoms with Crippen LogP contribution in [0.25, 0.3) is 10.2 Å². The number of nitrogens with zero attached hydrogens (tertiary/aromatic N) is 7. The van der Waals surface area contributed by atoms with Crippen molar-refractivity contribution in [2.45, 2.75) is 96.9 Å². The monoisotopic (exact) mass is 1110 g/mol. The van der Waals surface area contributed by atoms with Crippen LogP contribution < -0.4 is 30.1 Å². The number of carbonyl (C=O) groups excluding carboxylic acids is 1. The zero-order valence-electron chi connectivity index (χ0n) is 46.6. The lowest BCUT2D eigenvalue weighted by Gasteiger charge is -2.45. The summed E-state index contributed by atoms with van der Waals surface area (Å²) in [7, 11) is 3.00. The van der Waals surface area contributed by atoms with Crippen LogP contribution in [-0.4, -0.2) is 114 Å². The van der Waals surface area contributed by atoms with Gasteiger partial charge in [-0.15, -0.1) is 21.5 Å². The Labute approximate surface area is 464 Å². The molecular formula is C59H75FN8O5S2Si2. The van der Waals surface area contributed by atoms with Gasteiger partial charge in [-0.25, -0.2) is 14.2 Å². The summed E-state index contributed by atoms with van der Waals surface area (Å²) in [6, 6.07) is 37.4. The molecule has 3 heterocycles. The largest absolute Gasteiger partial charge is 0.491 e. The molecule has 0 aliphatic carbocycles. The van der Waals surface area contributed by atoms with E-state index in [1.807, 2.05) is 56.1 Å². The Kier molecular flexibility index (Phi) is 20.7. The number of methoxy groups -OCH3 is 1. The van der Waals surface area contributed by atoms with Crippen molar-refractivity contribution < 1.29 is 27.8 Å². The Morgan fingerprint density at radius 1 is 0.909 bits per heavy atom. The number of aryl methyl sites for hydroxylation is 2. The fourth-order valence-electron chi connectivity index (χ4n) is 9.01. The average Bonchev–Trinajstić information content (AvgIpc) is 4.03. The van der Waals surface area contributed by atoms with Crippen molar-refractivity contribution in [3.8, 4) is 17.6 Å². The Morgan fingerprint density at radius 2 is 1.61 bits per heavy atom. The summed E-state index contributed by atoms with van der Waals surface area (Å²) < 4.78 is 43.5. The first-order valence-corrected chi connectivity index (χ1v) is 33.6. The molecule has 0 aliphatic heterocycles. The minimum absolute atomic E-state index is 0.139. The van der Waals surface area contributed by atoms with Gasteiger partial charge >= 0.3 is 5.97 Å². The molecule has 0 amide bonds. The zero-order chi connectivity index (χ0) is 55.2. The second kappa shape index (κ2) is 27.1. The molecule has 1 atom stereocenters. The van der Waals surface area contributed by atoms with Crippen LogP contribution in [0.2, 0.25) is 30.7 Å². The van der Waals surface area contributed by atoms with Crippen LogP contribution in [0.4, 0.5) is 21.2 Å². The number of nitrogens with one attached hydrogen (secondary N) is 1. The van der Waals surface area contributed by atoms with E-state index in [1.54, 1.807) is 23.5 Å². The van der Waals surface area contributed by atoms with Crippen LogP contribution in [-0.2, 0) is 27.1 Å². The molecule has 3 aromatic heterocycles. The summed E-state index contributed by atoms with van der Waals surface area (Å²) in [5.41, 5.74) is 2.65. The third-order valence-corrected chi connectivity index (χ3v) is 22.0. The van der Waals surface area contributed by atoms with Crippen LogP contribution in [0.15, 0.2) is 114 Å². The summed E-state index contributed by atoms with van der Waals surface area (Å²) >= 11 is 2.98. The number of thiazole rings is 2. The van der Waals surface area contributed by atoms with E-state index in [2.05, 4.69) is 135 Å². The lowest BCUT2D eigenvalue weighted by molar-refractivity contribution is 0.0593. The summed E-state index contributed by atoms with van der Waals surface area (Å²) in [6.07, 6.45) is 2.13. The number of likely N-dealkylation sites (N-methyl/N-ethyl adjacent to an activating group) is 1. The first kappa shape index (κ1) is 58.8. The van der Waals surface area contributed by atoms with Crippen LogP contribution in [0, 0.1) is 24.6 Å². The maximum Gasteiger partial charge on any atom is 0.357 e. The van der Waals surface area contributed by atoms with Gasteiger partial charge in [-0.2, -0.15) is 4.99 Å². The molecule has 0 fully saturated rings. The molecule has 13 nitrogen and oxygen atoms in total. The molecule has 7 rings (SSSR count). The molecule has 7 aromatic rings. The summed E-state index contributed by atoms with van der Waals surface area (Å²) in [4.78, 5) is 29.1. The molecule has 0 spiro atoms. The number of carbonyl (C=O) groups is 1. The van der Waals surface area contributed by atoms with E-state index in [0.29, 0.717) is 85.9 Å². The predicted octanol–water partition coefficient (Wildman–Crippen LogP) is 10.7. The van der Waals surface area contributed by atoms with Gasteiger partial charge in [-0.1, -0.05) is 136 Å². The number of anilines is 2. The highest BCUT2D eigenvalue weighted by Crippen LogP contribution is 2.39. The van der Waals surface area contributed by atoms with E-state index >= 15 is 4.39 Å². The van der Waals surface area contributed by atoms with E-state index in [-0.39, 0.29) is 29.2 Å². The molecule has 0 radical (unpaired) electrons.